The predicted molar refractivity (Wildman–Crippen MR) is 118 cm³/mol. The number of aryl methyl sites for hydroxylation is 1. The third-order valence-corrected chi connectivity index (χ3v) is 3.94. The van der Waals surface area contributed by atoms with Crippen LogP contribution < -0.4 is 20.1 Å². The third kappa shape index (κ3) is 6.74. The van der Waals surface area contributed by atoms with E-state index in [0.29, 0.717) is 0 Å². The van der Waals surface area contributed by atoms with Crippen molar-refractivity contribution in [2.75, 3.05) is 27.8 Å². The first-order chi connectivity index (χ1) is 12.2. The molecule has 0 saturated carbocycles. The second kappa shape index (κ2) is 11.6. The Morgan fingerprint density at radius 3 is 2.50 bits per heavy atom. The van der Waals surface area contributed by atoms with Crippen molar-refractivity contribution < 1.29 is 9.47 Å². The molecule has 0 atom stereocenters. The van der Waals surface area contributed by atoms with Crippen molar-refractivity contribution in [2.24, 2.45) is 4.99 Å². The number of methoxy groups -OCH3 is 2. The summed E-state index contributed by atoms with van der Waals surface area (Å²) in [5, 5.41) is 6.67. The summed E-state index contributed by atoms with van der Waals surface area (Å²) in [6.45, 7) is 3.58. The number of halogens is 1. The highest BCUT2D eigenvalue weighted by atomic mass is 127. The van der Waals surface area contributed by atoms with Gasteiger partial charge in [-0.3, -0.25) is 4.99 Å². The smallest absolute Gasteiger partial charge is 0.191 e. The van der Waals surface area contributed by atoms with Gasteiger partial charge in [0, 0.05) is 20.1 Å². The molecule has 2 N–H and O–H groups in total. The Bertz CT molecular complexity index is 720. The molecule has 0 saturated heterocycles. The summed E-state index contributed by atoms with van der Waals surface area (Å²) in [5.74, 6) is 2.48. The minimum atomic E-state index is 0. The van der Waals surface area contributed by atoms with Gasteiger partial charge in [-0.15, -0.1) is 24.0 Å². The Kier molecular flexibility index (Phi) is 9.87. The summed E-state index contributed by atoms with van der Waals surface area (Å²) in [5.41, 5.74) is 3.59. The third-order valence-electron chi connectivity index (χ3n) is 3.94. The van der Waals surface area contributed by atoms with E-state index < -0.39 is 0 Å². The molecule has 142 valence electrons. The molecule has 0 spiro atoms. The molecule has 0 aliphatic carbocycles. The van der Waals surface area contributed by atoms with Gasteiger partial charge >= 0.3 is 0 Å². The molecule has 26 heavy (non-hydrogen) atoms. The minimum Gasteiger partial charge on any atom is -0.497 e. The molecule has 2 aromatic rings. The molecule has 0 bridgehead atoms. The van der Waals surface area contributed by atoms with Crippen molar-refractivity contribution in [1.82, 2.24) is 10.6 Å². The van der Waals surface area contributed by atoms with E-state index in [1.807, 2.05) is 18.2 Å². The molecule has 0 heterocycles. The molecule has 0 fully saturated rings. The molecule has 0 aliphatic rings. The Morgan fingerprint density at radius 1 is 1.04 bits per heavy atom. The number of benzene rings is 2. The van der Waals surface area contributed by atoms with E-state index >= 15 is 0 Å². The minimum absolute atomic E-state index is 0. The van der Waals surface area contributed by atoms with Gasteiger partial charge in [0.2, 0.25) is 0 Å². The lowest BCUT2D eigenvalue weighted by Crippen LogP contribution is -2.37. The molecule has 2 rings (SSSR count). The lowest BCUT2D eigenvalue weighted by molar-refractivity contribution is 0.398. The van der Waals surface area contributed by atoms with E-state index in [-0.39, 0.29) is 24.0 Å². The summed E-state index contributed by atoms with van der Waals surface area (Å²) >= 11 is 0. The number of nitrogens with one attached hydrogen (secondary N) is 2. The maximum absolute atomic E-state index is 5.42. The second-order valence-corrected chi connectivity index (χ2v) is 5.77. The lowest BCUT2D eigenvalue weighted by atomic mass is 10.1. The number of nitrogens with zero attached hydrogens (tertiary/aromatic N) is 1. The van der Waals surface area contributed by atoms with Crippen LogP contribution >= 0.6 is 24.0 Å². The average Bonchev–Trinajstić information content (AvgIpc) is 2.64. The van der Waals surface area contributed by atoms with Crippen molar-refractivity contribution >= 4 is 29.9 Å². The van der Waals surface area contributed by atoms with Gasteiger partial charge in [-0.05, 0) is 42.7 Å². The fourth-order valence-corrected chi connectivity index (χ4v) is 2.62. The molecule has 5 nitrogen and oxygen atoms in total. The largest absolute Gasteiger partial charge is 0.497 e. The average molecular weight is 469 g/mol. The highest BCUT2D eigenvalue weighted by Gasteiger charge is 2.06. The molecule has 0 amide bonds. The number of aliphatic imine (C=N–C) groups is 1. The van der Waals surface area contributed by atoms with Crippen LogP contribution in [-0.2, 0) is 13.0 Å². The lowest BCUT2D eigenvalue weighted by Gasteiger charge is -2.14. The van der Waals surface area contributed by atoms with Crippen molar-refractivity contribution in [3.63, 3.8) is 0 Å². The highest BCUT2D eigenvalue weighted by molar-refractivity contribution is 14.0. The SMILES string of the molecule is CN=C(NCCc1cc(OC)ccc1OC)NCc1cccc(C)c1.I. The van der Waals surface area contributed by atoms with Crippen LogP contribution in [0.3, 0.4) is 0 Å². The van der Waals surface area contributed by atoms with E-state index in [9.17, 15) is 0 Å². The van der Waals surface area contributed by atoms with Crippen LogP contribution in [-0.4, -0.2) is 33.8 Å². The summed E-state index contributed by atoms with van der Waals surface area (Å²) in [4.78, 5) is 4.27. The van der Waals surface area contributed by atoms with Crippen molar-refractivity contribution in [2.45, 2.75) is 19.9 Å². The Hall–Kier alpha value is -1.96. The normalized spacial score (nSPS) is 10.7. The number of hydrogen-bond donors (Lipinski definition) is 2. The monoisotopic (exact) mass is 469 g/mol. The van der Waals surface area contributed by atoms with Crippen LogP contribution in [0.4, 0.5) is 0 Å². The zero-order valence-corrected chi connectivity index (χ0v) is 18.2. The van der Waals surface area contributed by atoms with Crippen LogP contribution in [0.15, 0.2) is 47.5 Å². The molecule has 0 unspecified atom stereocenters. The summed E-state index contributed by atoms with van der Waals surface area (Å²) in [6.07, 6.45) is 0.811. The molecule has 0 aliphatic heterocycles. The molecule has 0 aromatic heterocycles. The van der Waals surface area contributed by atoms with Gasteiger partial charge in [-0.25, -0.2) is 0 Å². The Balaban J connectivity index is 0.00000338. The molecule has 0 radical (unpaired) electrons. The maximum Gasteiger partial charge on any atom is 0.191 e. The first-order valence-electron chi connectivity index (χ1n) is 8.37. The van der Waals surface area contributed by atoms with E-state index in [1.54, 1.807) is 21.3 Å². The van der Waals surface area contributed by atoms with Crippen LogP contribution in [0.1, 0.15) is 16.7 Å². The molecular weight excluding hydrogens is 441 g/mol. The number of ether oxygens (including phenoxy) is 2. The fraction of sp³-hybridized carbons (Fsp3) is 0.350. The van der Waals surface area contributed by atoms with Gasteiger partial charge in [0.25, 0.3) is 0 Å². The number of guanidine groups is 1. The maximum atomic E-state index is 5.42. The first kappa shape index (κ1) is 22.1. The van der Waals surface area contributed by atoms with Crippen molar-refractivity contribution in [3.05, 3.63) is 59.2 Å². The summed E-state index contributed by atoms with van der Waals surface area (Å²) < 4.78 is 10.7. The highest BCUT2D eigenvalue weighted by Crippen LogP contribution is 2.24. The summed E-state index contributed by atoms with van der Waals surface area (Å²) in [6, 6.07) is 14.3. The van der Waals surface area contributed by atoms with Crippen LogP contribution in [0.5, 0.6) is 11.5 Å². The van der Waals surface area contributed by atoms with Gasteiger partial charge in [0.1, 0.15) is 11.5 Å². The van der Waals surface area contributed by atoms with Crippen molar-refractivity contribution in [1.29, 1.82) is 0 Å². The second-order valence-electron chi connectivity index (χ2n) is 5.77. The quantitative estimate of drug-likeness (QED) is 0.370. The standard InChI is InChI=1S/C20H27N3O2.HI/c1-15-6-5-7-16(12-15)14-23-20(21-2)22-11-10-17-13-18(24-3)8-9-19(17)25-4;/h5-9,12-13H,10-11,14H2,1-4H3,(H2,21,22,23);1H. The van der Waals surface area contributed by atoms with E-state index in [0.717, 1.165) is 42.5 Å². The Morgan fingerprint density at radius 2 is 1.85 bits per heavy atom. The predicted octanol–water partition coefficient (Wildman–Crippen LogP) is 3.54. The van der Waals surface area contributed by atoms with Crippen molar-refractivity contribution in [3.8, 4) is 11.5 Å². The van der Waals surface area contributed by atoms with E-state index in [2.05, 4.69) is 46.8 Å². The van der Waals surface area contributed by atoms with E-state index in [1.165, 1.54) is 11.1 Å². The van der Waals surface area contributed by atoms with Crippen LogP contribution in [0.2, 0.25) is 0 Å². The van der Waals surface area contributed by atoms with Gasteiger partial charge in [-0.1, -0.05) is 29.8 Å². The topological polar surface area (TPSA) is 54.9 Å². The van der Waals surface area contributed by atoms with Gasteiger partial charge in [-0.2, -0.15) is 0 Å². The van der Waals surface area contributed by atoms with Crippen LogP contribution in [0.25, 0.3) is 0 Å². The number of rotatable bonds is 7. The zero-order chi connectivity index (χ0) is 18.1. The van der Waals surface area contributed by atoms with Gasteiger partial charge < -0.3 is 20.1 Å². The van der Waals surface area contributed by atoms with E-state index in [4.69, 9.17) is 9.47 Å². The fourth-order valence-electron chi connectivity index (χ4n) is 2.62. The molecule has 2 aromatic carbocycles. The molecule has 6 heteroatoms. The Labute approximate surface area is 173 Å². The van der Waals surface area contributed by atoms with Gasteiger partial charge in [0.05, 0.1) is 14.2 Å². The summed E-state index contributed by atoms with van der Waals surface area (Å²) in [7, 11) is 5.12. The number of hydrogen-bond acceptors (Lipinski definition) is 3. The molecular formula is C20H28IN3O2. The van der Waals surface area contributed by atoms with Gasteiger partial charge in [0.15, 0.2) is 5.96 Å². The first-order valence-corrected chi connectivity index (χ1v) is 8.37. The zero-order valence-electron chi connectivity index (χ0n) is 15.8. The van der Waals surface area contributed by atoms with Crippen LogP contribution in [0, 0.1) is 6.92 Å².